The largest absolute Gasteiger partial charge is 0.0581 e. The standard InChI is InChI=1S/C18H19Br/c19-18-12-10-17(11-13-18)16-8-6-15(7-9-16)14-4-2-1-3-5-14/h6-14H,1-5H2/i14D. The Balaban J connectivity index is 1.85. The summed E-state index contributed by atoms with van der Waals surface area (Å²) in [4.78, 5) is 0. The number of halogens is 1. The second-order valence-electron chi connectivity index (χ2n) is 5.25. The van der Waals surface area contributed by atoms with E-state index in [-0.39, 0.29) is 5.89 Å². The van der Waals surface area contributed by atoms with Crippen LogP contribution in [0, 0.1) is 0 Å². The second-order valence-corrected chi connectivity index (χ2v) is 6.16. The van der Waals surface area contributed by atoms with Crippen molar-refractivity contribution in [3.63, 3.8) is 0 Å². The molecule has 0 heterocycles. The van der Waals surface area contributed by atoms with Crippen LogP contribution in [0.4, 0.5) is 0 Å². The van der Waals surface area contributed by atoms with E-state index in [1.807, 2.05) is 0 Å². The zero-order valence-corrected chi connectivity index (χ0v) is 12.6. The van der Waals surface area contributed by atoms with E-state index in [1.165, 1.54) is 36.0 Å². The highest BCUT2D eigenvalue weighted by atomic mass is 79.9. The molecule has 1 saturated carbocycles. The average Bonchev–Trinajstić information content (AvgIpc) is 2.49. The molecule has 2 aromatic carbocycles. The zero-order chi connectivity index (χ0) is 14.0. The first-order valence-corrected chi connectivity index (χ1v) is 7.83. The molecule has 2 aromatic rings. The Bertz CT molecular complexity index is 565. The van der Waals surface area contributed by atoms with Gasteiger partial charge in [-0.05, 0) is 47.6 Å². The summed E-state index contributed by atoms with van der Waals surface area (Å²) < 4.78 is 9.76. The van der Waals surface area contributed by atoms with Gasteiger partial charge in [0.1, 0.15) is 0 Å². The Morgan fingerprint density at radius 2 is 1.32 bits per heavy atom. The second kappa shape index (κ2) is 5.92. The molecule has 1 aliphatic rings. The lowest BCUT2D eigenvalue weighted by Gasteiger charge is -2.22. The maximum absolute atomic E-state index is 8.66. The molecule has 19 heavy (non-hydrogen) atoms. The first kappa shape index (κ1) is 11.7. The summed E-state index contributed by atoms with van der Waals surface area (Å²) >= 11 is 3.46. The monoisotopic (exact) mass is 315 g/mol. The minimum atomic E-state index is -0.351. The van der Waals surface area contributed by atoms with Gasteiger partial charge in [0.25, 0.3) is 0 Å². The van der Waals surface area contributed by atoms with Crippen molar-refractivity contribution < 1.29 is 1.37 Å². The van der Waals surface area contributed by atoms with Crippen LogP contribution in [0.3, 0.4) is 0 Å². The maximum atomic E-state index is 8.66. The van der Waals surface area contributed by atoms with E-state index in [4.69, 9.17) is 1.37 Å². The quantitative estimate of drug-likeness (QED) is 0.622. The summed E-state index contributed by atoms with van der Waals surface area (Å²) in [5.74, 6) is -0.351. The first-order valence-electron chi connectivity index (χ1n) is 7.54. The van der Waals surface area contributed by atoms with Crippen LogP contribution in [0.25, 0.3) is 11.1 Å². The van der Waals surface area contributed by atoms with Crippen LogP contribution in [0.1, 0.15) is 44.9 Å². The molecule has 1 aliphatic carbocycles. The molecular weight excluding hydrogens is 296 g/mol. The van der Waals surface area contributed by atoms with Crippen LogP contribution >= 0.6 is 15.9 Å². The summed E-state index contributed by atoms with van der Waals surface area (Å²) in [5, 5.41) is 0. The third-order valence-electron chi connectivity index (χ3n) is 3.93. The zero-order valence-electron chi connectivity index (χ0n) is 12.0. The summed E-state index contributed by atoms with van der Waals surface area (Å²) in [6.07, 6.45) is 5.68. The van der Waals surface area contributed by atoms with E-state index in [0.717, 1.165) is 17.3 Å². The van der Waals surface area contributed by atoms with Crippen molar-refractivity contribution in [2.75, 3.05) is 0 Å². The molecule has 0 nitrogen and oxygen atoms in total. The van der Waals surface area contributed by atoms with Crippen LogP contribution in [0.2, 0.25) is 0 Å². The highest BCUT2D eigenvalue weighted by Crippen LogP contribution is 2.33. The van der Waals surface area contributed by atoms with Crippen molar-refractivity contribution in [1.82, 2.24) is 0 Å². The Morgan fingerprint density at radius 3 is 1.89 bits per heavy atom. The van der Waals surface area contributed by atoms with E-state index in [1.54, 1.807) is 0 Å². The van der Waals surface area contributed by atoms with Gasteiger partial charge >= 0.3 is 0 Å². The molecule has 0 radical (unpaired) electrons. The normalized spacial score (nSPS) is 18.9. The molecule has 0 atom stereocenters. The fourth-order valence-electron chi connectivity index (χ4n) is 2.81. The van der Waals surface area contributed by atoms with Gasteiger partial charge in [0.05, 0.1) is 0 Å². The van der Waals surface area contributed by atoms with E-state index in [9.17, 15) is 0 Å². The van der Waals surface area contributed by atoms with E-state index in [2.05, 4.69) is 64.5 Å². The summed E-state index contributed by atoms with van der Waals surface area (Å²) in [7, 11) is 0. The lowest BCUT2D eigenvalue weighted by atomic mass is 9.84. The SMILES string of the molecule is [2H]C1(c2ccc(-c3ccc(Br)cc3)cc2)CCCCC1. The summed E-state index contributed by atoms with van der Waals surface area (Å²) in [6.45, 7) is 0. The average molecular weight is 316 g/mol. The smallest absolute Gasteiger partial charge is 0.0352 e. The van der Waals surface area contributed by atoms with Crippen molar-refractivity contribution in [2.24, 2.45) is 0 Å². The predicted octanol–water partition coefficient (Wildman–Crippen LogP) is 6.16. The third-order valence-corrected chi connectivity index (χ3v) is 4.46. The number of rotatable bonds is 2. The molecule has 0 aliphatic heterocycles. The fraction of sp³-hybridized carbons (Fsp3) is 0.333. The summed E-state index contributed by atoms with van der Waals surface area (Å²) in [6, 6.07) is 17.0. The number of hydrogen-bond donors (Lipinski definition) is 0. The van der Waals surface area contributed by atoms with Gasteiger partial charge < -0.3 is 0 Å². The molecule has 0 N–H and O–H groups in total. The van der Waals surface area contributed by atoms with Crippen LogP contribution < -0.4 is 0 Å². The van der Waals surface area contributed by atoms with Crippen LogP contribution in [0.5, 0.6) is 0 Å². The molecule has 3 rings (SSSR count). The van der Waals surface area contributed by atoms with Crippen molar-refractivity contribution in [3.05, 3.63) is 58.6 Å². The van der Waals surface area contributed by atoms with Gasteiger partial charge in [-0.15, -0.1) is 0 Å². The van der Waals surface area contributed by atoms with Gasteiger partial charge in [-0.2, -0.15) is 0 Å². The number of benzene rings is 2. The first-order chi connectivity index (χ1) is 9.67. The topological polar surface area (TPSA) is 0 Å². The Hall–Kier alpha value is -1.08. The lowest BCUT2D eigenvalue weighted by Crippen LogP contribution is -2.04. The van der Waals surface area contributed by atoms with Gasteiger partial charge in [0.15, 0.2) is 0 Å². The molecule has 98 valence electrons. The Labute approximate surface area is 125 Å². The Kier molecular flexibility index (Phi) is 3.65. The molecule has 0 saturated heterocycles. The fourth-order valence-corrected chi connectivity index (χ4v) is 3.07. The molecule has 1 heteroatoms. The van der Waals surface area contributed by atoms with Gasteiger partial charge in [-0.3, -0.25) is 0 Å². The highest BCUT2D eigenvalue weighted by molar-refractivity contribution is 9.10. The van der Waals surface area contributed by atoms with Crippen molar-refractivity contribution >= 4 is 15.9 Å². The van der Waals surface area contributed by atoms with E-state index >= 15 is 0 Å². The number of hydrogen-bond acceptors (Lipinski definition) is 0. The van der Waals surface area contributed by atoms with E-state index < -0.39 is 0 Å². The molecular formula is C18H19Br. The molecule has 0 unspecified atom stereocenters. The molecule has 0 spiro atoms. The summed E-state index contributed by atoms with van der Waals surface area (Å²) in [5.41, 5.74) is 3.63. The minimum Gasteiger partial charge on any atom is -0.0581 e. The molecule has 0 amide bonds. The van der Waals surface area contributed by atoms with Crippen LogP contribution in [-0.2, 0) is 0 Å². The van der Waals surface area contributed by atoms with Crippen LogP contribution in [0.15, 0.2) is 53.0 Å². The lowest BCUT2D eigenvalue weighted by molar-refractivity contribution is 0.443. The van der Waals surface area contributed by atoms with Crippen molar-refractivity contribution in [2.45, 2.75) is 38.0 Å². The maximum Gasteiger partial charge on any atom is 0.0352 e. The van der Waals surface area contributed by atoms with Gasteiger partial charge in [-0.1, -0.05) is 71.6 Å². The third kappa shape index (κ3) is 3.09. The minimum absolute atomic E-state index is 0.351. The Morgan fingerprint density at radius 1 is 0.789 bits per heavy atom. The van der Waals surface area contributed by atoms with Crippen molar-refractivity contribution in [3.8, 4) is 11.1 Å². The predicted molar refractivity (Wildman–Crippen MR) is 85.4 cm³/mol. The highest BCUT2D eigenvalue weighted by Gasteiger charge is 2.15. The molecule has 0 bridgehead atoms. The van der Waals surface area contributed by atoms with Crippen molar-refractivity contribution in [1.29, 1.82) is 0 Å². The van der Waals surface area contributed by atoms with Gasteiger partial charge in [-0.25, -0.2) is 0 Å². The molecule has 1 fully saturated rings. The van der Waals surface area contributed by atoms with Gasteiger partial charge in [0.2, 0.25) is 0 Å². The van der Waals surface area contributed by atoms with E-state index in [0.29, 0.717) is 0 Å². The van der Waals surface area contributed by atoms with Gasteiger partial charge in [0, 0.05) is 5.84 Å². The molecule has 0 aromatic heterocycles. The van der Waals surface area contributed by atoms with Crippen LogP contribution in [-0.4, -0.2) is 0 Å².